The van der Waals surface area contributed by atoms with E-state index in [9.17, 15) is 4.79 Å². The van der Waals surface area contributed by atoms with Crippen molar-refractivity contribution in [2.24, 2.45) is 0 Å². The van der Waals surface area contributed by atoms with Crippen molar-refractivity contribution >= 4 is 45.3 Å². The van der Waals surface area contributed by atoms with Crippen LogP contribution >= 0.6 is 39.3 Å². The summed E-state index contributed by atoms with van der Waals surface area (Å²) in [7, 11) is 0. The third-order valence-electron chi connectivity index (χ3n) is 1.81. The summed E-state index contributed by atoms with van der Waals surface area (Å²) in [5, 5.41) is 0.197. The fraction of sp³-hybridized carbons (Fsp3) is 0.100. The van der Waals surface area contributed by atoms with Gasteiger partial charge in [0.2, 0.25) is 0 Å². The Bertz CT molecular complexity index is 428. The van der Waals surface area contributed by atoms with Crippen LogP contribution in [0.3, 0.4) is 0 Å². The molecule has 0 fully saturated rings. The lowest BCUT2D eigenvalue weighted by Gasteiger charge is -2.00. The topological polar surface area (TPSA) is 26.3 Å². The van der Waals surface area contributed by atoms with Gasteiger partial charge in [0.05, 0.1) is 4.91 Å². The quantitative estimate of drug-likeness (QED) is 0.782. The Hall–Kier alpha value is -0.450. The van der Waals surface area contributed by atoms with Crippen molar-refractivity contribution in [1.82, 2.24) is 0 Å². The van der Waals surface area contributed by atoms with Gasteiger partial charge in [-0.05, 0) is 24.3 Å². The number of carbonyl (C=O) groups excluding carboxylic acids is 1. The van der Waals surface area contributed by atoms with E-state index < -0.39 is 5.97 Å². The summed E-state index contributed by atoms with van der Waals surface area (Å²) in [5.41, 5.74) is 0. The molecular formula is C10H6BrClO2S. The number of halogens is 2. The molecule has 1 aromatic carbocycles. The highest BCUT2D eigenvalue weighted by atomic mass is 79.9. The Balaban J connectivity index is 2.16. The minimum atomic E-state index is -0.434. The maximum absolute atomic E-state index is 11.0. The highest BCUT2D eigenvalue weighted by molar-refractivity contribution is 9.10. The number of carbonyl (C=O) groups is 1. The van der Waals surface area contributed by atoms with Crippen molar-refractivity contribution in [3.05, 3.63) is 38.7 Å². The normalized spacial score (nSPS) is 15.7. The van der Waals surface area contributed by atoms with Gasteiger partial charge in [-0.1, -0.05) is 39.3 Å². The summed E-state index contributed by atoms with van der Waals surface area (Å²) in [6, 6.07) is 7.78. The molecule has 0 bridgehead atoms. The first-order valence-corrected chi connectivity index (χ1v) is 6.15. The Morgan fingerprint density at radius 3 is 2.53 bits per heavy atom. The summed E-state index contributed by atoms with van der Waals surface area (Å²) < 4.78 is 5.82. The van der Waals surface area contributed by atoms with Crippen LogP contribution in [0.2, 0.25) is 0 Å². The zero-order chi connectivity index (χ0) is 10.8. The van der Waals surface area contributed by atoms with Gasteiger partial charge in [-0.25, -0.2) is 4.79 Å². The van der Waals surface area contributed by atoms with Gasteiger partial charge in [0.1, 0.15) is 11.6 Å². The second kappa shape index (κ2) is 4.60. The third kappa shape index (κ3) is 2.56. The molecule has 0 saturated heterocycles. The van der Waals surface area contributed by atoms with E-state index in [0.29, 0.717) is 0 Å². The van der Waals surface area contributed by atoms with Crippen LogP contribution in [-0.4, -0.2) is 12.6 Å². The van der Waals surface area contributed by atoms with Gasteiger partial charge in [0, 0.05) is 9.37 Å². The van der Waals surface area contributed by atoms with E-state index in [2.05, 4.69) is 15.9 Å². The molecule has 0 aliphatic carbocycles. The summed E-state index contributed by atoms with van der Waals surface area (Å²) >= 11 is 10.6. The van der Waals surface area contributed by atoms with Gasteiger partial charge in [-0.3, -0.25) is 0 Å². The lowest BCUT2D eigenvalue weighted by Crippen LogP contribution is -1.93. The fourth-order valence-corrected chi connectivity index (χ4v) is 2.43. The SMILES string of the molecule is O=C1OCC(Sc2ccc(Br)cc2)=C1Cl. The molecule has 0 atom stereocenters. The number of hydrogen-bond acceptors (Lipinski definition) is 3. The second-order valence-corrected chi connectivity index (χ2v) is 5.33. The predicted octanol–water partition coefficient (Wildman–Crippen LogP) is 3.55. The van der Waals surface area contributed by atoms with E-state index in [4.69, 9.17) is 16.3 Å². The van der Waals surface area contributed by atoms with E-state index in [-0.39, 0.29) is 11.6 Å². The second-order valence-electron chi connectivity index (χ2n) is 2.87. The average Bonchev–Trinajstić information content (AvgIpc) is 2.53. The molecule has 15 heavy (non-hydrogen) atoms. The molecule has 0 N–H and O–H groups in total. The molecule has 0 spiro atoms. The first kappa shape index (κ1) is 11.0. The monoisotopic (exact) mass is 304 g/mol. The molecule has 1 aliphatic heterocycles. The number of esters is 1. The molecule has 1 aliphatic rings. The van der Waals surface area contributed by atoms with Crippen LogP contribution in [0.5, 0.6) is 0 Å². The Kier molecular flexibility index (Phi) is 3.38. The van der Waals surface area contributed by atoms with E-state index in [1.165, 1.54) is 11.8 Å². The maximum Gasteiger partial charge on any atom is 0.351 e. The number of hydrogen-bond donors (Lipinski definition) is 0. The van der Waals surface area contributed by atoms with Crippen LogP contribution in [0.25, 0.3) is 0 Å². The lowest BCUT2D eigenvalue weighted by atomic mass is 10.4. The van der Waals surface area contributed by atoms with Gasteiger partial charge in [-0.15, -0.1) is 0 Å². The van der Waals surface area contributed by atoms with Crippen LogP contribution in [-0.2, 0) is 9.53 Å². The highest BCUT2D eigenvalue weighted by Crippen LogP contribution is 2.34. The van der Waals surface area contributed by atoms with Gasteiger partial charge in [0.25, 0.3) is 0 Å². The number of thioether (sulfide) groups is 1. The molecule has 2 nitrogen and oxygen atoms in total. The van der Waals surface area contributed by atoms with Crippen molar-refractivity contribution in [2.75, 3.05) is 6.61 Å². The molecule has 1 aromatic rings. The molecule has 5 heteroatoms. The fourth-order valence-electron chi connectivity index (χ4n) is 1.09. The Morgan fingerprint density at radius 2 is 2.00 bits per heavy atom. The molecule has 78 valence electrons. The van der Waals surface area contributed by atoms with Crippen LogP contribution in [0, 0.1) is 0 Å². The molecule has 0 amide bonds. The lowest BCUT2D eigenvalue weighted by molar-refractivity contribution is -0.135. The van der Waals surface area contributed by atoms with Gasteiger partial charge in [0.15, 0.2) is 0 Å². The van der Waals surface area contributed by atoms with E-state index in [0.717, 1.165) is 14.3 Å². The minimum Gasteiger partial charge on any atom is -0.456 e. The molecular weight excluding hydrogens is 300 g/mol. The van der Waals surface area contributed by atoms with Crippen molar-refractivity contribution in [2.45, 2.75) is 4.90 Å². The van der Waals surface area contributed by atoms with Gasteiger partial charge in [-0.2, -0.15) is 0 Å². The first-order valence-electron chi connectivity index (χ1n) is 4.16. The number of rotatable bonds is 2. The maximum atomic E-state index is 11.0. The molecule has 0 aromatic heterocycles. The summed E-state index contributed by atoms with van der Waals surface area (Å²) in [6.45, 7) is 0.276. The van der Waals surface area contributed by atoms with E-state index in [1.54, 1.807) is 0 Å². The van der Waals surface area contributed by atoms with E-state index in [1.807, 2.05) is 24.3 Å². The molecule has 1 heterocycles. The van der Waals surface area contributed by atoms with Gasteiger partial charge >= 0.3 is 5.97 Å². The zero-order valence-corrected chi connectivity index (χ0v) is 10.7. The molecule has 0 saturated carbocycles. The van der Waals surface area contributed by atoms with Crippen LogP contribution in [0.1, 0.15) is 0 Å². The zero-order valence-electron chi connectivity index (χ0n) is 7.50. The standard InChI is InChI=1S/C10H6BrClO2S/c11-6-1-3-7(4-2-6)15-8-5-14-10(13)9(8)12/h1-4H,5H2. The highest BCUT2D eigenvalue weighted by Gasteiger charge is 2.23. The number of ether oxygens (including phenoxy) is 1. The van der Waals surface area contributed by atoms with Crippen LogP contribution < -0.4 is 0 Å². The van der Waals surface area contributed by atoms with Crippen LogP contribution in [0.15, 0.2) is 43.6 Å². The summed E-state index contributed by atoms with van der Waals surface area (Å²) in [6.07, 6.45) is 0. The first-order chi connectivity index (χ1) is 7.16. The van der Waals surface area contributed by atoms with Crippen molar-refractivity contribution in [3.63, 3.8) is 0 Å². The Morgan fingerprint density at radius 1 is 1.33 bits per heavy atom. The molecule has 0 radical (unpaired) electrons. The average molecular weight is 306 g/mol. The van der Waals surface area contributed by atoms with Crippen LogP contribution in [0.4, 0.5) is 0 Å². The number of cyclic esters (lactones) is 1. The number of benzene rings is 1. The van der Waals surface area contributed by atoms with Crippen molar-refractivity contribution < 1.29 is 9.53 Å². The summed E-state index contributed by atoms with van der Waals surface area (Å²) in [4.78, 5) is 12.8. The smallest absolute Gasteiger partial charge is 0.351 e. The largest absolute Gasteiger partial charge is 0.456 e. The molecule has 0 unspecified atom stereocenters. The minimum absolute atomic E-state index is 0.197. The van der Waals surface area contributed by atoms with Crippen molar-refractivity contribution in [1.29, 1.82) is 0 Å². The predicted molar refractivity (Wildman–Crippen MR) is 63.8 cm³/mol. The molecule has 2 rings (SSSR count). The Labute approximate surface area is 105 Å². The van der Waals surface area contributed by atoms with Gasteiger partial charge < -0.3 is 4.74 Å². The van der Waals surface area contributed by atoms with E-state index >= 15 is 0 Å². The summed E-state index contributed by atoms with van der Waals surface area (Å²) in [5.74, 6) is -0.434. The van der Waals surface area contributed by atoms with Crippen molar-refractivity contribution in [3.8, 4) is 0 Å². The third-order valence-corrected chi connectivity index (χ3v) is 3.91.